The van der Waals surface area contributed by atoms with Gasteiger partial charge in [-0.05, 0) is 24.1 Å². The van der Waals surface area contributed by atoms with Crippen molar-refractivity contribution in [2.45, 2.75) is 24.2 Å². The van der Waals surface area contributed by atoms with Crippen LogP contribution >= 0.6 is 0 Å². The maximum absolute atomic E-state index is 11.8. The van der Waals surface area contributed by atoms with E-state index in [1.165, 1.54) is 24.3 Å². The summed E-state index contributed by atoms with van der Waals surface area (Å²) in [5.41, 5.74) is 0.722. The minimum atomic E-state index is -3.73. The van der Waals surface area contributed by atoms with Gasteiger partial charge in [-0.25, -0.2) is 22.3 Å². The number of benzene rings is 1. The van der Waals surface area contributed by atoms with E-state index in [0.717, 1.165) is 5.56 Å². The van der Waals surface area contributed by atoms with Gasteiger partial charge in [-0.15, -0.1) is 0 Å². The summed E-state index contributed by atoms with van der Waals surface area (Å²) in [7, 11) is -3.73. The van der Waals surface area contributed by atoms with Crippen molar-refractivity contribution in [1.82, 2.24) is 5.32 Å². The van der Waals surface area contributed by atoms with E-state index in [1.807, 2.05) is 0 Å². The Bertz CT molecular complexity index is 529. The molecule has 0 aliphatic rings. The molecule has 106 valence electrons. The Balaban J connectivity index is 2.48. The molecule has 0 heterocycles. The second-order valence-electron chi connectivity index (χ2n) is 3.88. The van der Waals surface area contributed by atoms with Crippen LogP contribution in [0.3, 0.4) is 0 Å². The fraction of sp³-hybridized carbons (Fsp3) is 0.364. The van der Waals surface area contributed by atoms with Gasteiger partial charge in [0.15, 0.2) is 0 Å². The number of carbonyl (C=O) groups excluding carboxylic acids is 1. The number of hydrogen-bond donors (Lipinski definition) is 2. The first-order chi connectivity index (χ1) is 8.79. The van der Waals surface area contributed by atoms with E-state index in [-0.39, 0.29) is 11.3 Å². The number of halogens is 2. The van der Waals surface area contributed by atoms with Crippen molar-refractivity contribution in [1.29, 1.82) is 0 Å². The molecule has 0 atom stereocenters. The molecule has 0 saturated heterocycles. The maximum Gasteiger partial charge on any atom is 0.255 e. The van der Waals surface area contributed by atoms with Gasteiger partial charge in [-0.1, -0.05) is 12.1 Å². The maximum atomic E-state index is 11.8. The molecule has 0 fully saturated rings. The lowest BCUT2D eigenvalue weighted by atomic mass is 10.1. The smallest absolute Gasteiger partial charge is 0.255 e. The van der Waals surface area contributed by atoms with Gasteiger partial charge >= 0.3 is 0 Å². The van der Waals surface area contributed by atoms with Gasteiger partial charge in [-0.3, -0.25) is 4.79 Å². The number of nitrogens with one attached hydrogen (secondary N) is 1. The predicted octanol–water partition coefficient (Wildman–Crippen LogP) is 0.648. The number of amides is 1. The lowest BCUT2D eigenvalue weighted by Crippen LogP contribution is -2.28. The standard InChI is InChI=1S/C11H14F2N2O3S/c12-10(13)7-15-11(16)6-3-8-1-4-9(5-2-8)19(14,17)18/h1-2,4-5,10H,3,6-7H2,(H,15,16)(H2,14,17,18). The summed E-state index contributed by atoms with van der Waals surface area (Å²) in [5.74, 6) is -0.476. The number of alkyl halides is 2. The molecule has 19 heavy (non-hydrogen) atoms. The summed E-state index contributed by atoms with van der Waals surface area (Å²) in [5, 5.41) is 7.02. The van der Waals surface area contributed by atoms with Crippen LogP contribution in [0.4, 0.5) is 8.78 Å². The third-order valence-electron chi connectivity index (χ3n) is 2.35. The Morgan fingerprint density at radius 3 is 2.32 bits per heavy atom. The highest BCUT2D eigenvalue weighted by Gasteiger charge is 2.08. The first kappa shape index (κ1) is 15.5. The van der Waals surface area contributed by atoms with Gasteiger partial charge in [0.25, 0.3) is 6.43 Å². The largest absolute Gasteiger partial charge is 0.350 e. The molecule has 1 rings (SSSR count). The average molecular weight is 292 g/mol. The number of carbonyl (C=O) groups is 1. The molecule has 1 aromatic rings. The van der Waals surface area contributed by atoms with Gasteiger partial charge in [0.05, 0.1) is 11.4 Å². The van der Waals surface area contributed by atoms with E-state index in [1.54, 1.807) is 0 Å². The predicted molar refractivity (Wildman–Crippen MR) is 65.1 cm³/mol. The second-order valence-corrected chi connectivity index (χ2v) is 5.45. The zero-order valence-electron chi connectivity index (χ0n) is 9.97. The summed E-state index contributed by atoms with van der Waals surface area (Å²) in [4.78, 5) is 11.2. The molecule has 0 spiro atoms. The van der Waals surface area contributed by atoms with Crippen LogP contribution in [-0.2, 0) is 21.2 Å². The SMILES string of the molecule is NS(=O)(=O)c1ccc(CCC(=O)NCC(F)F)cc1. The van der Waals surface area contributed by atoms with Gasteiger partial charge < -0.3 is 5.32 Å². The molecule has 8 heteroatoms. The van der Waals surface area contributed by atoms with Crippen LogP contribution in [0.5, 0.6) is 0 Å². The van der Waals surface area contributed by atoms with Crippen LogP contribution in [0.2, 0.25) is 0 Å². The van der Waals surface area contributed by atoms with E-state index in [0.29, 0.717) is 6.42 Å². The average Bonchev–Trinajstić information content (AvgIpc) is 2.33. The molecule has 0 aliphatic carbocycles. The van der Waals surface area contributed by atoms with Crippen LogP contribution in [0.1, 0.15) is 12.0 Å². The van der Waals surface area contributed by atoms with Crippen molar-refractivity contribution in [3.8, 4) is 0 Å². The van der Waals surface area contributed by atoms with Crippen LogP contribution in [0, 0.1) is 0 Å². The molecule has 0 aromatic heterocycles. The second kappa shape index (κ2) is 6.58. The molecule has 3 N–H and O–H groups in total. The Kier molecular flexibility index (Phi) is 5.37. The van der Waals surface area contributed by atoms with E-state index in [4.69, 9.17) is 5.14 Å². The minimum absolute atomic E-state index is 0.0154. The van der Waals surface area contributed by atoms with Crippen molar-refractivity contribution < 1.29 is 22.0 Å². The normalized spacial score (nSPS) is 11.6. The fourth-order valence-electron chi connectivity index (χ4n) is 1.38. The molecule has 0 aliphatic heterocycles. The summed E-state index contributed by atoms with van der Waals surface area (Å²) in [6.07, 6.45) is -2.18. The molecule has 1 aromatic carbocycles. The summed E-state index contributed by atoms with van der Waals surface area (Å²) >= 11 is 0. The molecule has 0 radical (unpaired) electrons. The van der Waals surface area contributed by atoms with Gasteiger partial charge in [-0.2, -0.15) is 0 Å². The highest BCUT2D eigenvalue weighted by Crippen LogP contribution is 2.10. The molecule has 0 saturated carbocycles. The zero-order chi connectivity index (χ0) is 14.5. The van der Waals surface area contributed by atoms with Crippen molar-refractivity contribution in [2.75, 3.05) is 6.54 Å². The van der Waals surface area contributed by atoms with Crippen molar-refractivity contribution in [2.24, 2.45) is 5.14 Å². The molecule has 0 bridgehead atoms. The number of rotatable bonds is 6. The van der Waals surface area contributed by atoms with Crippen LogP contribution in [0.25, 0.3) is 0 Å². The topological polar surface area (TPSA) is 89.3 Å². The number of aryl methyl sites for hydroxylation is 1. The lowest BCUT2D eigenvalue weighted by Gasteiger charge is -2.05. The Labute approximate surface area is 109 Å². The number of sulfonamides is 1. The highest BCUT2D eigenvalue weighted by molar-refractivity contribution is 7.89. The van der Waals surface area contributed by atoms with Crippen molar-refractivity contribution in [3.63, 3.8) is 0 Å². The lowest BCUT2D eigenvalue weighted by molar-refractivity contribution is -0.121. The Hall–Kier alpha value is -1.54. The van der Waals surface area contributed by atoms with Crippen LogP contribution in [0.15, 0.2) is 29.2 Å². The van der Waals surface area contributed by atoms with Crippen molar-refractivity contribution >= 4 is 15.9 Å². The van der Waals surface area contributed by atoms with Gasteiger partial charge in [0.2, 0.25) is 15.9 Å². The van der Waals surface area contributed by atoms with Crippen molar-refractivity contribution in [3.05, 3.63) is 29.8 Å². The molecule has 0 unspecified atom stereocenters. The Morgan fingerprint density at radius 1 is 1.26 bits per heavy atom. The van der Waals surface area contributed by atoms with E-state index < -0.39 is 28.9 Å². The van der Waals surface area contributed by atoms with E-state index in [2.05, 4.69) is 5.32 Å². The molecule has 5 nitrogen and oxygen atoms in total. The van der Waals surface area contributed by atoms with E-state index in [9.17, 15) is 22.0 Å². The highest BCUT2D eigenvalue weighted by atomic mass is 32.2. The number of nitrogens with two attached hydrogens (primary N) is 1. The minimum Gasteiger partial charge on any atom is -0.350 e. The Morgan fingerprint density at radius 2 is 1.84 bits per heavy atom. The number of hydrogen-bond acceptors (Lipinski definition) is 3. The quantitative estimate of drug-likeness (QED) is 0.806. The zero-order valence-corrected chi connectivity index (χ0v) is 10.8. The fourth-order valence-corrected chi connectivity index (χ4v) is 1.90. The van der Waals surface area contributed by atoms with Gasteiger partial charge in [0.1, 0.15) is 0 Å². The first-order valence-electron chi connectivity index (χ1n) is 5.45. The first-order valence-corrected chi connectivity index (χ1v) is 7.00. The molecule has 1 amide bonds. The third kappa shape index (κ3) is 5.75. The monoisotopic (exact) mass is 292 g/mol. The molecular formula is C11H14F2N2O3S. The summed E-state index contributed by atoms with van der Waals surface area (Å²) in [6, 6.07) is 5.73. The van der Waals surface area contributed by atoms with Crippen LogP contribution < -0.4 is 10.5 Å². The van der Waals surface area contributed by atoms with E-state index >= 15 is 0 Å². The molecular weight excluding hydrogens is 278 g/mol. The van der Waals surface area contributed by atoms with Crippen LogP contribution in [-0.4, -0.2) is 27.3 Å². The third-order valence-corrected chi connectivity index (χ3v) is 3.28. The summed E-state index contributed by atoms with van der Waals surface area (Å²) < 4.78 is 45.7. The summed E-state index contributed by atoms with van der Waals surface area (Å²) in [6.45, 7) is -0.664. The van der Waals surface area contributed by atoms with Gasteiger partial charge in [0, 0.05) is 6.42 Å². The number of primary sulfonamides is 1.